The lowest BCUT2D eigenvalue weighted by atomic mass is 10.0. The number of nitrogens with one attached hydrogen (secondary N) is 1. The normalized spacial score (nSPS) is 17.5. The molecule has 4 nitrogen and oxygen atoms in total. The molecule has 132 valence electrons. The number of hydrogen-bond donors (Lipinski definition) is 1. The first kappa shape index (κ1) is 17.4. The molecule has 25 heavy (non-hydrogen) atoms. The van der Waals surface area contributed by atoms with Crippen LogP contribution < -0.4 is 10.1 Å². The molecule has 3 rings (SSSR count). The Morgan fingerprint density at radius 3 is 2.76 bits per heavy atom. The van der Waals surface area contributed by atoms with E-state index < -0.39 is 0 Å². The van der Waals surface area contributed by atoms with Crippen molar-refractivity contribution in [3.05, 3.63) is 59.4 Å². The van der Waals surface area contributed by atoms with Crippen LogP contribution in [-0.4, -0.2) is 31.0 Å². The zero-order valence-electron chi connectivity index (χ0n) is 14.6. The first-order chi connectivity index (χ1) is 12.1. The molecule has 1 atom stereocenters. The van der Waals surface area contributed by atoms with E-state index >= 15 is 0 Å². The van der Waals surface area contributed by atoms with Gasteiger partial charge in [0, 0.05) is 6.04 Å². The van der Waals surface area contributed by atoms with Gasteiger partial charge in [0.1, 0.15) is 11.6 Å². The highest BCUT2D eigenvalue weighted by atomic mass is 19.1. The van der Waals surface area contributed by atoms with Gasteiger partial charge in [0.05, 0.1) is 19.3 Å². The Bertz CT molecular complexity index is 746. The molecule has 1 amide bonds. The molecule has 5 heteroatoms. The molecule has 1 N–H and O–H groups in total. The fraction of sp³-hybridized carbons (Fsp3) is 0.350. The lowest BCUT2D eigenvalue weighted by Gasteiger charge is -2.24. The van der Waals surface area contributed by atoms with Crippen molar-refractivity contribution < 1.29 is 13.9 Å². The molecule has 1 aliphatic rings. The second-order valence-corrected chi connectivity index (χ2v) is 6.43. The van der Waals surface area contributed by atoms with Gasteiger partial charge in [0.2, 0.25) is 5.91 Å². The van der Waals surface area contributed by atoms with Gasteiger partial charge in [-0.1, -0.05) is 18.2 Å². The molecule has 2 aromatic carbocycles. The Morgan fingerprint density at radius 2 is 2.04 bits per heavy atom. The van der Waals surface area contributed by atoms with E-state index in [0.717, 1.165) is 30.5 Å². The van der Waals surface area contributed by atoms with Gasteiger partial charge in [-0.05, 0) is 61.7 Å². The summed E-state index contributed by atoms with van der Waals surface area (Å²) in [5.74, 6) is 0.339. The van der Waals surface area contributed by atoms with Gasteiger partial charge in [0.15, 0.2) is 0 Å². The molecule has 0 radical (unpaired) electrons. The molecule has 0 saturated carbocycles. The molecule has 0 spiro atoms. The van der Waals surface area contributed by atoms with Gasteiger partial charge in [-0.15, -0.1) is 0 Å². The van der Waals surface area contributed by atoms with Crippen LogP contribution >= 0.6 is 0 Å². The molecule has 0 aliphatic carbocycles. The second kappa shape index (κ2) is 7.66. The van der Waals surface area contributed by atoms with Crippen LogP contribution in [0.2, 0.25) is 0 Å². The van der Waals surface area contributed by atoms with Crippen LogP contribution in [0.5, 0.6) is 5.75 Å². The lowest BCUT2D eigenvalue weighted by Crippen LogP contribution is -2.33. The number of likely N-dealkylation sites (tertiary alicyclic amines) is 1. The predicted octanol–water partition coefficient (Wildman–Crippen LogP) is 3.92. The minimum Gasteiger partial charge on any atom is -0.495 e. The third-order valence-electron chi connectivity index (χ3n) is 4.59. The van der Waals surface area contributed by atoms with Gasteiger partial charge in [0.25, 0.3) is 0 Å². The quantitative estimate of drug-likeness (QED) is 0.895. The maximum absolute atomic E-state index is 13.1. The Morgan fingerprint density at radius 1 is 1.28 bits per heavy atom. The lowest BCUT2D eigenvalue weighted by molar-refractivity contribution is -0.117. The maximum Gasteiger partial charge on any atom is 0.238 e. The molecule has 0 aromatic heterocycles. The molecular weight excluding hydrogens is 319 g/mol. The maximum atomic E-state index is 13.1. The van der Waals surface area contributed by atoms with E-state index in [1.807, 2.05) is 25.1 Å². The van der Waals surface area contributed by atoms with E-state index in [1.54, 1.807) is 19.2 Å². The summed E-state index contributed by atoms with van der Waals surface area (Å²) in [6.07, 6.45) is 2.01. The molecule has 1 aliphatic heterocycles. The van der Waals surface area contributed by atoms with Gasteiger partial charge < -0.3 is 10.1 Å². The smallest absolute Gasteiger partial charge is 0.238 e. The van der Waals surface area contributed by atoms with Gasteiger partial charge >= 0.3 is 0 Å². The van der Waals surface area contributed by atoms with Crippen LogP contribution in [0, 0.1) is 12.7 Å². The van der Waals surface area contributed by atoms with Crippen molar-refractivity contribution in [2.24, 2.45) is 0 Å². The molecule has 1 fully saturated rings. The Hall–Kier alpha value is -2.40. The van der Waals surface area contributed by atoms with E-state index in [2.05, 4.69) is 10.2 Å². The summed E-state index contributed by atoms with van der Waals surface area (Å²) in [5, 5.41) is 2.94. The number of nitrogens with zero attached hydrogens (tertiary/aromatic N) is 1. The van der Waals surface area contributed by atoms with Gasteiger partial charge in [-0.25, -0.2) is 4.39 Å². The first-order valence-corrected chi connectivity index (χ1v) is 8.51. The number of rotatable bonds is 5. The van der Waals surface area contributed by atoms with Crippen molar-refractivity contribution in [1.29, 1.82) is 0 Å². The first-order valence-electron chi connectivity index (χ1n) is 8.51. The number of benzene rings is 2. The number of ether oxygens (including phenoxy) is 1. The number of halogens is 1. The van der Waals surface area contributed by atoms with Crippen LogP contribution in [0.1, 0.15) is 30.0 Å². The molecule has 2 aromatic rings. The summed E-state index contributed by atoms with van der Waals surface area (Å²) >= 11 is 0. The highest BCUT2D eigenvalue weighted by molar-refractivity contribution is 5.93. The predicted molar refractivity (Wildman–Crippen MR) is 96.3 cm³/mol. The minimum atomic E-state index is -0.238. The average molecular weight is 342 g/mol. The number of aryl methyl sites for hydroxylation is 1. The largest absolute Gasteiger partial charge is 0.495 e. The second-order valence-electron chi connectivity index (χ2n) is 6.43. The van der Waals surface area contributed by atoms with Crippen LogP contribution in [0.4, 0.5) is 10.1 Å². The Labute approximate surface area is 147 Å². The topological polar surface area (TPSA) is 41.6 Å². The molecule has 1 saturated heterocycles. The number of methoxy groups -OCH3 is 1. The fourth-order valence-corrected chi connectivity index (χ4v) is 3.37. The van der Waals surface area contributed by atoms with E-state index in [0.29, 0.717) is 18.0 Å². The average Bonchev–Trinajstić information content (AvgIpc) is 3.03. The summed E-state index contributed by atoms with van der Waals surface area (Å²) in [5.41, 5.74) is 2.80. The zero-order chi connectivity index (χ0) is 17.8. The van der Waals surface area contributed by atoms with E-state index in [4.69, 9.17) is 4.74 Å². The SMILES string of the molecule is COc1ccc(C)cc1NC(=O)CN1CCCC1c1ccc(F)cc1. The summed E-state index contributed by atoms with van der Waals surface area (Å²) in [6.45, 7) is 3.14. The molecular formula is C20H23FN2O2. The van der Waals surface area contributed by atoms with Crippen molar-refractivity contribution in [2.75, 3.05) is 25.5 Å². The van der Waals surface area contributed by atoms with Crippen LogP contribution in [-0.2, 0) is 4.79 Å². The van der Waals surface area contributed by atoms with Crippen LogP contribution in [0.3, 0.4) is 0 Å². The Kier molecular flexibility index (Phi) is 5.34. The zero-order valence-corrected chi connectivity index (χ0v) is 14.6. The summed E-state index contributed by atoms with van der Waals surface area (Å²) in [7, 11) is 1.59. The third-order valence-corrected chi connectivity index (χ3v) is 4.59. The van der Waals surface area contributed by atoms with Crippen molar-refractivity contribution >= 4 is 11.6 Å². The molecule has 0 bridgehead atoms. The number of amides is 1. The number of carbonyl (C=O) groups is 1. The Balaban J connectivity index is 1.68. The van der Waals surface area contributed by atoms with Gasteiger partial charge in [-0.3, -0.25) is 9.69 Å². The number of anilines is 1. The monoisotopic (exact) mass is 342 g/mol. The van der Waals surface area contributed by atoms with Crippen LogP contribution in [0.15, 0.2) is 42.5 Å². The fourth-order valence-electron chi connectivity index (χ4n) is 3.37. The summed E-state index contributed by atoms with van der Waals surface area (Å²) < 4.78 is 18.4. The highest BCUT2D eigenvalue weighted by Crippen LogP contribution is 2.32. The van der Waals surface area contributed by atoms with Crippen LogP contribution in [0.25, 0.3) is 0 Å². The number of hydrogen-bond acceptors (Lipinski definition) is 3. The molecule has 1 unspecified atom stereocenters. The van der Waals surface area contributed by atoms with Crippen molar-refractivity contribution in [2.45, 2.75) is 25.8 Å². The standard InChI is InChI=1S/C20H23FN2O2/c1-14-5-10-19(25-2)17(12-14)22-20(24)13-23-11-3-4-18(23)15-6-8-16(21)9-7-15/h5-10,12,18H,3-4,11,13H2,1-2H3,(H,22,24). The number of carbonyl (C=O) groups excluding carboxylic acids is 1. The van der Waals surface area contributed by atoms with Crippen molar-refractivity contribution in [3.8, 4) is 5.75 Å². The third kappa shape index (κ3) is 4.17. The van der Waals surface area contributed by atoms with E-state index in [1.165, 1.54) is 12.1 Å². The molecule has 1 heterocycles. The van der Waals surface area contributed by atoms with Crippen molar-refractivity contribution in [3.63, 3.8) is 0 Å². The van der Waals surface area contributed by atoms with E-state index in [9.17, 15) is 9.18 Å². The van der Waals surface area contributed by atoms with Crippen molar-refractivity contribution in [1.82, 2.24) is 4.90 Å². The summed E-state index contributed by atoms with van der Waals surface area (Å²) in [4.78, 5) is 14.7. The van der Waals surface area contributed by atoms with Gasteiger partial charge in [-0.2, -0.15) is 0 Å². The highest BCUT2D eigenvalue weighted by Gasteiger charge is 2.27. The summed E-state index contributed by atoms with van der Waals surface area (Å²) in [6, 6.07) is 12.4. The van der Waals surface area contributed by atoms with E-state index in [-0.39, 0.29) is 17.8 Å². The minimum absolute atomic E-state index is 0.0714.